The average molecular weight is 851 g/mol. The molecule has 4 nitrogen and oxygen atoms in total. The normalized spacial score (nSPS) is 12.0. The van der Waals surface area contributed by atoms with E-state index >= 15 is 0 Å². The number of fused-ring (bicyclic) bond motifs is 6. The van der Waals surface area contributed by atoms with E-state index < -0.39 is 23.5 Å². The summed E-state index contributed by atoms with van der Waals surface area (Å²) in [4.78, 5) is 0. The molecule has 0 spiro atoms. The second-order valence-electron chi connectivity index (χ2n) is 16.0. The molecule has 0 atom stereocenters. The minimum Gasteiger partial charge on any atom is -0.308 e. The van der Waals surface area contributed by atoms with Crippen molar-refractivity contribution in [1.82, 2.24) is 9.13 Å². The van der Waals surface area contributed by atoms with Gasteiger partial charge in [-0.05, 0) is 138 Å². The predicted molar refractivity (Wildman–Crippen MR) is 240 cm³/mol. The first-order valence-electron chi connectivity index (χ1n) is 20.2. The number of hydrogen-bond acceptors (Lipinski definition) is 2. The number of aromatic nitrogens is 2. The monoisotopic (exact) mass is 850 g/mol. The van der Waals surface area contributed by atoms with Crippen molar-refractivity contribution in [1.29, 1.82) is 10.5 Å². The summed E-state index contributed by atoms with van der Waals surface area (Å²) >= 11 is 0. The Bertz CT molecular complexity index is 3450. The van der Waals surface area contributed by atoms with Gasteiger partial charge in [0.15, 0.2) is 0 Å². The Kier molecular flexibility index (Phi) is 9.25. The lowest BCUT2D eigenvalue weighted by atomic mass is 9.96. The maximum Gasteiger partial charge on any atom is 0.416 e. The first kappa shape index (κ1) is 40.0. The van der Waals surface area contributed by atoms with Gasteiger partial charge in [0.25, 0.3) is 0 Å². The van der Waals surface area contributed by atoms with Crippen molar-refractivity contribution in [3.63, 3.8) is 0 Å². The molecule has 0 N–H and O–H groups in total. The molecule has 0 unspecified atom stereocenters. The van der Waals surface area contributed by atoms with Crippen molar-refractivity contribution in [3.8, 4) is 56.9 Å². The zero-order valence-electron chi connectivity index (χ0n) is 34.1. The van der Waals surface area contributed by atoms with Gasteiger partial charge in [-0.25, -0.2) is 0 Å². The molecule has 10 rings (SSSR count). The van der Waals surface area contributed by atoms with Crippen LogP contribution in [0.1, 0.15) is 33.4 Å². The van der Waals surface area contributed by atoms with E-state index in [-0.39, 0.29) is 0 Å². The Morgan fingerprint density at radius 3 is 1.30 bits per heavy atom. The molecule has 64 heavy (non-hydrogen) atoms. The van der Waals surface area contributed by atoms with Crippen LogP contribution in [0.4, 0.5) is 26.3 Å². The second-order valence-corrected chi connectivity index (χ2v) is 16.0. The standard InChI is InChI=1S/C54H32F6N4/c1-31-18-38(25-40(20-31)53(55,56)57)35-14-16-48-44(27-35)42-10-3-5-12-46(42)63(48)50-23-34(30-62)24-51(52(50)37-9-7-8-33(22-37)29-61)64-47-13-6-4-11-43(47)45-28-36(15-17-49(45)64)39-19-32(2)21-41(26-39)54(58,59)60/h3-28H,1-2H3. The third kappa shape index (κ3) is 6.72. The number of alkyl halides is 6. The largest absolute Gasteiger partial charge is 0.416 e. The van der Waals surface area contributed by atoms with E-state index in [1.165, 1.54) is 0 Å². The van der Waals surface area contributed by atoms with Gasteiger partial charge in [0, 0.05) is 27.1 Å². The molecule has 0 saturated heterocycles. The molecule has 2 aromatic heterocycles. The van der Waals surface area contributed by atoms with Crippen molar-refractivity contribution >= 4 is 43.6 Å². The SMILES string of the molecule is Cc1cc(-c2ccc3c(c2)c2ccccc2n3-c2cc(C#N)cc(-n3c4ccccc4c4cc(-c5cc(C)cc(C(F)(F)F)c5)ccc43)c2-c2cccc(C#N)c2)cc(C(F)(F)F)c1. The van der Waals surface area contributed by atoms with Gasteiger partial charge in [0.2, 0.25) is 0 Å². The first-order chi connectivity index (χ1) is 30.7. The van der Waals surface area contributed by atoms with Crippen LogP contribution in [0.15, 0.2) is 158 Å². The number of benzene rings is 8. The maximum atomic E-state index is 14.0. The second kappa shape index (κ2) is 14.8. The van der Waals surface area contributed by atoms with Crippen molar-refractivity contribution in [3.05, 3.63) is 191 Å². The lowest BCUT2D eigenvalue weighted by Gasteiger charge is -2.21. The molecule has 0 aliphatic carbocycles. The lowest BCUT2D eigenvalue weighted by Crippen LogP contribution is -2.05. The fourth-order valence-corrected chi connectivity index (χ4v) is 9.12. The van der Waals surface area contributed by atoms with Gasteiger partial charge in [-0.2, -0.15) is 36.9 Å². The summed E-state index contributed by atoms with van der Waals surface area (Å²) in [5, 5.41) is 24.1. The number of hydrogen-bond donors (Lipinski definition) is 0. The summed E-state index contributed by atoms with van der Waals surface area (Å²) < 4.78 is 88.0. The molecule has 310 valence electrons. The fourth-order valence-electron chi connectivity index (χ4n) is 9.12. The molecule has 0 amide bonds. The molecule has 0 fully saturated rings. The van der Waals surface area contributed by atoms with Crippen LogP contribution in [0.3, 0.4) is 0 Å². The van der Waals surface area contributed by atoms with Gasteiger partial charge in [-0.1, -0.05) is 72.8 Å². The van der Waals surface area contributed by atoms with Gasteiger partial charge in [-0.15, -0.1) is 0 Å². The third-order valence-electron chi connectivity index (χ3n) is 11.8. The van der Waals surface area contributed by atoms with Gasteiger partial charge in [0.1, 0.15) is 0 Å². The number of nitrogens with zero attached hydrogens (tertiary/aromatic N) is 4. The average Bonchev–Trinajstić information content (AvgIpc) is 3.79. The van der Waals surface area contributed by atoms with Gasteiger partial charge in [-0.3, -0.25) is 0 Å². The van der Waals surface area contributed by atoms with E-state index in [0.29, 0.717) is 67.0 Å². The highest BCUT2D eigenvalue weighted by Gasteiger charge is 2.32. The van der Waals surface area contributed by atoms with E-state index in [1.54, 1.807) is 68.4 Å². The lowest BCUT2D eigenvalue weighted by molar-refractivity contribution is -0.138. The molecule has 10 aromatic rings. The van der Waals surface area contributed by atoms with Crippen LogP contribution < -0.4 is 0 Å². The maximum absolute atomic E-state index is 14.0. The molecule has 10 heteroatoms. The molecule has 0 radical (unpaired) electrons. The van der Waals surface area contributed by atoms with Gasteiger partial charge < -0.3 is 9.13 Å². The van der Waals surface area contributed by atoms with Crippen molar-refractivity contribution < 1.29 is 26.3 Å². The first-order valence-corrected chi connectivity index (χ1v) is 20.2. The van der Waals surface area contributed by atoms with Gasteiger partial charge >= 0.3 is 12.4 Å². The zero-order valence-corrected chi connectivity index (χ0v) is 34.1. The Balaban J connectivity index is 1.28. The van der Waals surface area contributed by atoms with E-state index in [9.17, 15) is 36.9 Å². The van der Waals surface area contributed by atoms with Crippen molar-refractivity contribution in [2.24, 2.45) is 0 Å². The summed E-state index contributed by atoms with van der Waals surface area (Å²) in [6.07, 6.45) is -9.05. The van der Waals surface area contributed by atoms with Crippen LogP contribution >= 0.6 is 0 Å². The van der Waals surface area contributed by atoms with Crippen LogP contribution in [0.2, 0.25) is 0 Å². The van der Waals surface area contributed by atoms with Crippen LogP contribution in [-0.2, 0) is 12.4 Å². The molecular weight excluding hydrogens is 819 g/mol. The summed E-state index contributed by atoms with van der Waals surface area (Å²) in [6.45, 7) is 3.28. The fraction of sp³-hybridized carbons (Fsp3) is 0.0741. The molecule has 0 saturated carbocycles. The minimum absolute atomic E-state index is 0.328. The summed E-state index contributed by atoms with van der Waals surface area (Å²) in [7, 11) is 0. The third-order valence-corrected chi connectivity index (χ3v) is 11.8. The Morgan fingerprint density at radius 1 is 0.391 bits per heavy atom. The topological polar surface area (TPSA) is 57.4 Å². The molecular formula is C54H32F6N4. The Morgan fingerprint density at radius 2 is 0.844 bits per heavy atom. The summed E-state index contributed by atoms with van der Waals surface area (Å²) in [5.74, 6) is 0. The van der Waals surface area contributed by atoms with Crippen LogP contribution in [0.25, 0.3) is 88.4 Å². The van der Waals surface area contributed by atoms with Crippen LogP contribution in [0.5, 0.6) is 0 Å². The highest BCUT2D eigenvalue weighted by atomic mass is 19.4. The predicted octanol–water partition coefficient (Wildman–Crippen LogP) is 15.3. The minimum atomic E-state index is -4.52. The Hall–Kier alpha value is -8.08. The highest BCUT2D eigenvalue weighted by Crippen LogP contribution is 2.45. The van der Waals surface area contributed by atoms with E-state index in [0.717, 1.165) is 67.9 Å². The zero-order chi connectivity index (χ0) is 44.7. The number of aryl methyl sites for hydroxylation is 2. The quantitative estimate of drug-likeness (QED) is 0.162. The van der Waals surface area contributed by atoms with Crippen molar-refractivity contribution in [2.75, 3.05) is 0 Å². The highest BCUT2D eigenvalue weighted by molar-refractivity contribution is 6.13. The smallest absolute Gasteiger partial charge is 0.308 e. The molecule has 8 aromatic carbocycles. The number of para-hydroxylation sites is 2. The van der Waals surface area contributed by atoms with Crippen molar-refractivity contribution in [2.45, 2.75) is 26.2 Å². The molecule has 0 aliphatic rings. The molecule has 0 bridgehead atoms. The number of halogens is 6. The van der Waals surface area contributed by atoms with E-state index in [4.69, 9.17) is 0 Å². The number of nitriles is 2. The van der Waals surface area contributed by atoms with Crippen LogP contribution in [-0.4, -0.2) is 9.13 Å². The summed E-state index contributed by atoms with van der Waals surface area (Å²) in [5.41, 5.74) is 7.86. The van der Waals surface area contributed by atoms with Gasteiger partial charge in [0.05, 0.1) is 67.8 Å². The van der Waals surface area contributed by atoms with E-state index in [1.807, 2.05) is 88.0 Å². The number of rotatable bonds is 5. The molecule has 0 aliphatic heterocycles. The Labute approximate surface area is 362 Å². The van der Waals surface area contributed by atoms with Crippen LogP contribution in [0, 0.1) is 36.5 Å². The molecule has 2 heterocycles. The van der Waals surface area contributed by atoms with E-state index in [2.05, 4.69) is 12.1 Å². The summed E-state index contributed by atoms with van der Waals surface area (Å²) in [6, 6.07) is 50.0.